The molecule has 8 heteroatoms. The molecule has 0 atom stereocenters. The molecule has 1 aromatic heterocycles. The minimum absolute atomic E-state index is 0.0163. The fourth-order valence-corrected chi connectivity index (χ4v) is 2.28. The number of nitro benzene ring substituents is 1. The Bertz CT molecular complexity index is 751. The lowest BCUT2D eigenvalue weighted by Crippen LogP contribution is -1.96. The third-order valence-electron chi connectivity index (χ3n) is 2.53. The third-order valence-corrected chi connectivity index (χ3v) is 3.54. The molecule has 106 valence electrons. The van der Waals surface area contributed by atoms with Crippen molar-refractivity contribution in [2.75, 3.05) is 0 Å². The average molecular weight is 304 g/mol. The zero-order valence-corrected chi connectivity index (χ0v) is 11.3. The summed E-state index contributed by atoms with van der Waals surface area (Å²) >= 11 is 0.940. The van der Waals surface area contributed by atoms with E-state index in [2.05, 4.69) is 0 Å². The van der Waals surface area contributed by atoms with Crippen LogP contribution in [0, 0.1) is 20.2 Å². The van der Waals surface area contributed by atoms with Gasteiger partial charge < -0.3 is 0 Å². The molecule has 7 nitrogen and oxygen atoms in total. The summed E-state index contributed by atoms with van der Waals surface area (Å²) in [5.41, 5.74) is 0.0208. The van der Waals surface area contributed by atoms with Crippen molar-refractivity contribution >= 4 is 33.9 Å². The van der Waals surface area contributed by atoms with Gasteiger partial charge in [-0.2, -0.15) is 0 Å². The van der Waals surface area contributed by atoms with Crippen LogP contribution in [0.4, 0.5) is 10.7 Å². The summed E-state index contributed by atoms with van der Waals surface area (Å²) in [5.74, 6) is -0.408. The first kappa shape index (κ1) is 14.5. The van der Waals surface area contributed by atoms with Gasteiger partial charge in [0.2, 0.25) is 0 Å². The van der Waals surface area contributed by atoms with Crippen LogP contribution < -0.4 is 0 Å². The lowest BCUT2D eigenvalue weighted by Gasteiger charge is -1.95. The van der Waals surface area contributed by atoms with Crippen LogP contribution >= 0.6 is 11.3 Å². The molecule has 21 heavy (non-hydrogen) atoms. The van der Waals surface area contributed by atoms with Crippen molar-refractivity contribution in [2.45, 2.75) is 0 Å². The van der Waals surface area contributed by atoms with Crippen LogP contribution in [0.2, 0.25) is 0 Å². The molecule has 1 aromatic carbocycles. The van der Waals surface area contributed by atoms with Gasteiger partial charge in [0.05, 0.1) is 9.85 Å². The molecule has 1 heterocycles. The molecule has 0 fully saturated rings. The third kappa shape index (κ3) is 3.57. The summed E-state index contributed by atoms with van der Waals surface area (Å²) in [6.07, 6.45) is 2.67. The molecule has 0 aliphatic carbocycles. The Hall–Kier alpha value is -2.87. The first-order chi connectivity index (χ1) is 9.97. The Kier molecular flexibility index (Phi) is 4.19. The lowest BCUT2D eigenvalue weighted by molar-refractivity contribution is -0.384. The number of rotatable bonds is 5. The molecule has 0 bridgehead atoms. The molecule has 0 saturated heterocycles. The summed E-state index contributed by atoms with van der Waals surface area (Å²) < 4.78 is 0. The topological polar surface area (TPSA) is 103 Å². The fourth-order valence-electron chi connectivity index (χ4n) is 1.56. The van der Waals surface area contributed by atoms with Crippen LogP contribution in [-0.4, -0.2) is 15.6 Å². The van der Waals surface area contributed by atoms with E-state index in [0.717, 1.165) is 11.3 Å². The van der Waals surface area contributed by atoms with Crippen molar-refractivity contribution in [3.63, 3.8) is 0 Å². The van der Waals surface area contributed by atoms with Crippen LogP contribution in [0.25, 0.3) is 6.08 Å². The maximum absolute atomic E-state index is 11.9. The number of thiophene rings is 1. The Morgan fingerprint density at radius 3 is 2.48 bits per heavy atom. The zero-order valence-electron chi connectivity index (χ0n) is 10.5. The molecule has 0 spiro atoms. The van der Waals surface area contributed by atoms with E-state index in [4.69, 9.17) is 0 Å². The van der Waals surface area contributed by atoms with Gasteiger partial charge >= 0.3 is 5.00 Å². The number of hydrogen-bond acceptors (Lipinski definition) is 6. The SMILES string of the molecule is O=C(C=Cc1ccc([N+](=O)[O-])s1)c1cccc([N+](=O)[O-])c1. The van der Waals surface area contributed by atoms with Crippen molar-refractivity contribution in [3.8, 4) is 0 Å². The first-order valence-electron chi connectivity index (χ1n) is 5.68. The number of hydrogen-bond donors (Lipinski definition) is 0. The first-order valence-corrected chi connectivity index (χ1v) is 6.50. The zero-order chi connectivity index (χ0) is 15.4. The van der Waals surface area contributed by atoms with Gasteiger partial charge in [-0.25, -0.2) is 0 Å². The van der Waals surface area contributed by atoms with E-state index >= 15 is 0 Å². The van der Waals surface area contributed by atoms with Crippen LogP contribution in [-0.2, 0) is 0 Å². The number of allylic oxidation sites excluding steroid dienone is 1. The summed E-state index contributed by atoms with van der Waals surface area (Å²) in [4.78, 5) is 32.5. The van der Waals surface area contributed by atoms with Gasteiger partial charge in [0.1, 0.15) is 0 Å². The minimum Gasteiger partial charge on any atom is -0.289 e. The average Bonchev–Trinajstić information content (AvgIpc) is 2.94. The predicted molar refractivity (Wildman–Crippen MR) is 77.4 cm³/mol. The molecule has 0 aliphatic heterocycles. The van der Waals surface area contributed by atoms with E-state index in [0.29, 0.717) is 4.88 Å². The molecule has 0 N–H and O–H groups in total. The number of benzene rings is 1. The molecule has 0 saturated carbocycles. The number of carbonyl (C=O) groups excluding carboxylic acids is 1. The van der Waals surface area contributed by atoms with Crippen LogP contribution in [0.1, 0.15) is 15.2 Å². The van der Waals surface area contributed by atoms with Gasteiger partial charge in [-0.3, -0.25) is 25.0 Å². The van der Waals surface area contributed by atoms with Crippen molar-refractivity contribution < 1.29 is 14.6 Å². The molecule has 0 aliphatic rings. The maximum atomic E-state index is 11.9. The van der Waals surface area contributed by atoms with Gasteiger partial charge in [-0.05, 0) is 18.2 Å². The van der Waals surface area contributed by atoms with E-state index in [1.807, 2.05) is 0 Å². The van der Waals surface area contributed by atoms with Gasteiger partial charge in [-0.1, -0.05) is 23.5 Å². The number of non-ortho nitro benzene ring substituents is 1. The van der Waals surface area contributed by atoms with E-state index in [9.17, 15) is 25.0 Å². The Balaban J connectivity index is 2.16. The monoisotopic (exact) mass is 304 g/mol. The smallest absolute Gasteiger partial charge is 0.289 e. The summed E-state index contributed by atoms with van der Waals surface area (Å²) in [6, 6.07) is 8.25. The highest BCUT2D eigenvalue weighted by atomic mass is 32.1. The van der Waals surface area contributed by atoms with E-state index in [1.165, 1.54) is 48.6 Å². The highest BCUT2D eigenvalue weighted by Gasteiger charge is 2.10. The quantitative estimate of drug-likeness (QED) is 0.364. The highest BCUT2D eigenvalue weighted by Crippen LogP contribution is 2.25. The Morgan fingerprint density at radius 1 is 1.10 bits per heavy atom. The molecule has 0 radical (unpaired) electrons. The van der Waals surface area contributed by atoms with Crippen LogP contribution in [0.5, 0.6) is 0 Å². The predicted octanol–water partition coefficient (Wildman–Crippen LogP) is 3.46. The summed E-state index contributed by atoms with van der Waals surface area (Å²) in [5, 5.41) is 21.2. The van der Waals surface area contributed by atoms with Crippen molar-refractivity contribution in [2.24, 2.45) is 0 Å². The lowest BCUT2D eigenvalue weighted by atomic mass is 10.1. The van der Waals surface area contributed by atoms with Crippen LogP contribution in [0.15, 0.2) is 42.5 Å². The standard InChI is InChI=1S/C13H8N2O5S/c16-12(9-2-1-3-10(8-9)14(17)18)6-4-11-5-7-13(21-11)15(19)20/h1-8H. The van der Waals surface area contributed by atoms with E-state index in [-0.39, 0.29) is 16.3 Å². The molecule has 2 rings (SSSR count). The fraction of sp³-hybridized carbons (Fsp3) is 0. The second kappa shape index (κ2) is 6.06. The highest BCUT2D eigenvalue weighted by molar-refractivity contribution is 7.16. The van der Waals surface area contributed by atoms with E-state index < -0.39 is 15.6 Å². The molecule has 0 amide bonds. The maximum Gasteiger partial charge on any atom is 0.324 e. The second-order valence-electron chi connectivity index (χ2n) is 3.94. The van der Waals surface area contributed by atoms with Crippen LogP contribution in [0.3, 0.4) is 0 Å². The Morgan fingerprint density at radius 2 is 1.86 bits per heavy atom. The Labute approximate surface area is 122 Å². The largest absolute Gasteiger partial charge is 0.324 e. The number of ketones is 1. The second-order valence-corrected chi connectivity index (χ2v) is 5.03. The molecular formula is C13H8N2O5S. The summed E-state index contributed by atoms with van der Waals surface area (Å²) in [7, 11) is 0. The minimum atomic E-state index is -0.580. The van der Waals surface area contributed by atoms with Gasteiger partial charge in [-0.15, -0.1) is 0 Å². The number of nitrogens with zero attached hydrogens (tertiary/aromatic N) is 2. The molecule has 0 unspecified atom stereocenters. The molecular weight excluding hydrogens is 296 g/mol. The van der Waals surface area contributed by atoms with Gasteiger partial charge in [0.25, 0.3) is 5.69 Å². The van der Waals surface area contributed by atoms with Crippen molar-refractivity contribution in [1.82, 2.24) is 0 Å². The van der Waals surface area contributed by atoms with Crippen molar-refractivity contribution in [3.05, 3.63) is 73.1 Å². The van der Waals surface area contributed by atoms with Gasteiger partial charge in [0, 0.05) is 28.6 Å². The van der Waals surface area contributed by atoms with Gasteiger partial charge in [0.15, 0.2) is 5.78 Å². The van der Waals surface area contributed by atoms with E-state index in [1.54, 1.807) is 0 Å². The normalized spacial score (nSPS) is 10.7. The number of nitro groups is 2. The van der Waals surface area contributed by atoms with Crippen molar-refractivity contribution in [1.29, 1.82) is 0 Å². The number of carbonyl (C=O) groups is 1. The summed E-state index contributed by atoms with van der Waals surface area (Å²) in [6.45, 7) is 0. The molecule has 2 aromatic rings.